The quantitative estimate of drug-likeness (QED) is 0.663. The van der Waals surface area contributed by atoms with E-state index >= 15 is 0 Å². The molecule has 1 heterocycles. The van der Waals surface area contributed by atoms with E-state index in [2.05, 4.69) is 36.8 Å². The molecule has 88 valence electrons. The first-order chi connectivity index (χ1) is 7.47. The third-order valence-electron chi connectivity index (χ3n) is 1.98. The number of carboxylic acids is 1. The second-order valence-electron chi connectivity index (χ2n) is 2.97. The van der Waals surface area contributed by atoms with Gasteiger partial charge < -0.3 is 5.11 Å². The van der Waals surface area contributed by atoms with Crippen LogP contribution in [0.5, 0.6) is 0 Å². The van der Waals surface area contributed by atoms with Crippen molar-refractivity contribution in [2.24, 2.45) is 0 Å². The van der Waals surface area contributed by atoms with Crippen molar-refractivity contribution in [3.05, 3.63) is 27.5 Å². The first kappa shape index (κ1) is 13.5. The number of nitrogens with zero attached hydrogens (tertiary/aromatic N) is 1. The summed E-state index contributed by atoms with van der Waals surface area (Å²) in [4.78, 5) is 14.3. The molecule has 0 unspecified atom stereocenters. The fraction of sp³-hybridized carbons (Fsp3) is 0.333. The molecular formula is C9H7Br2F2NO2. The maximum atomic E-state index is 12.6. The topological polar surface area (TPSA) is 50.2 Å². The van der Waals surface area contributed by atoms with E-state index in [4.69, 9.17) is 5.11 Å². The van der Waals surface area contributed by atoms with E-state index in [0.29, 0.717) is 0 Å². The lowest BCUT2D eigenvalue weighted by molar-refractivity contribution is -0.136. The van der Waals surface area contributed by atoms with Crippen LogP contribution in [0.1, 0.15) is 23.1 Å². The molecule has 0 fully saturated rings. The largest absolute Gasteiger partial charge is 0.481 e. The fourth-order valence-corrected chi connectivity index (χ4v) is 2.40. The maximum absolute atomic E-state index is 12.6. The van der Waals surface area contributed by atoms with Gasteiger partial charge in [0.25, 0.3) is 6.43 Å². The van der Waals surface area contributed by atoms with Crippen molar-refractivity contribution in [3.63, 3.8) is 0 Å². The molecule has 0 aromatic carbocycles. The Morgan fingerprint density at radius 1 is 1.50 bits per heavy atom. The van der Waals surface area contributed by atoms with Gasteiger partial charge in [-0.3, -0.25) is 4.79 Å². The second-order valence-corrected chi connectivity index (χ2v) is 4.28. The summed E-state index contributed by atoms with van der Waals surface area (Å²) in [6.07, 6.45) is -1.95. The lowest BCUT2D eigenvalue weighted by atomic mass is 10.0. The summed E-state index contributed by atoms with van der Waals surface area (Å²) in [5, 5.41) is 8.85. The maximum Gasteiger partial charge on any atom is 0.307 e. The first-order valence-corrected chi connectivity index (χ1v) is 6.10. The molecule has 1 N–H and O–H groups in total. The summed E-state index contributed by atoms with van der Waals surface area (Å²) >= 11 is 6.14. The summed E-state index contributed by atoms with van der Waals surface area (Å²) in [6.45, 7) is 0. The monoisotopic (exact) mass is 357 g/mol. The lowest BCUT2D eigenvalue weighted by Gasteiger charge is -2.12. The molecule has 0 radical (unpaired) electrons. The van der Waals surface area contributed by atoms with Gasteiger partial charge >= 0.3 is 5.97 Å². The highest BCUT2D eigenvalue weighted by molar-refractivity contribution is 9.10. The van der Waals surface area contributed by atoms with Crippen LogP contribution in [0.15, 0.2) is 10.8 Å². The Hall–Kier alpha value is -0.560. The number of alkyl halides is 3. The molecule has 0 aliphatic heterocycles. The minimum Gasteiger partial charge on any atom is -0.481 e. The standard InChI is InChI=1S/C9H7Br2F2NO2/c10-2-5-4(1-7(15)16)8(11)14-3-6(5)9(12)13/h3,9H,1-2H2,(H,15,16). The highest BCUT2D eigenvalue weighted by Crippen LogP contribution is 2.30. The molecule has 0 saturated heterocycles. The lowest BCUT2D eigenvalue weighted by Crippen LogP contribution is -2.08. The molecule has 1 aromatic rings. The van der Waals surface area contributed by atoms with Crippen LogP contribution in [0.3, 0.4) is 0 Å². The van der Waals surface area contributed by atoms with E-state index in [1.54, 1.807) is 0 Å². The summed E-state index contributed by atoms with van der Waals surface area (Å²) in [5.41, 5.74) is 0.317. The molecule has 3 nitrogen and oxygen atoms in total. The van der Waals surface area contributed by atoms with Crippen LogP contribution in [0, 0.1) is 0 Å². The number of hydrogen-bond donors (Lipinski definition) is 1. The normalized spacial score (nSPS) is 10.8. The van der Waals surface area contributed by atoms with Gasteiger partial charge in [-0.1, -0.05) is 15.9 Å². The zero-order valence-electron chi connectivity index (χ0n) is 7.88. The Bertz CT molecular complexity index is 413. The molecule has 0 atom stereocenters. The molecule has 1 aromatic heterocycles. The predicted octanol–water partition coefficient (Wildman–Crippen LogP) is 3.30. The van der Waals surface area contributed by atoms with Crippen molar-refractivity contribution >= 4 is 37.8 Å². The van der Waals surface area contributed by atoms with Gasteiger partial charge in [0.05, 0.1) is 6.42 Å². The SMILES string of the molecule is O=C(O)Cc1c(Br)ncc(C(F)F)c1CBr. The first-order valence-electron chi connectivity index (χ1n) is 4.19. The molecular weight excluding hydrogens is 352 g/mol. The second kappa shape index (κ2) is 5.67. The van der Waals surface area contributed by atoms with E-state index in [1.807, 2.05) is 0 Å². The molecule has 0 bridgehead atoms. The van der Waals surface area contributed by atoms with Crippen LogP contribution < -0.4 is 0 Å². The zero-order valence-corrected chi connectivity index (χ0v) is 11.1. The molecule has 1 rings (SSSR count). The molecule has 0 amide bonds. The number of rotatable bonds is 4. The van der Waals surface area contributed by atoms with E-state index < -0.39 is 12.4 Å². The average molecular weight is 359 g/mol. The Kier molecular flexibility index (Phi) is 4.79. The van der Waals surface area contributed by atoms with Gasteiger partial charge in [0, 0.05) is 22.7 Å². The minimum absolute atomic E-state index is 0.163. The molecule has 7 heteroatoms. The smallest absolute Gasteiger partial charge is 0.307 e. The highest BCUT2D eigenvalue weighted by Gasteiger charge is 2.20. The van der Waals surface area contributed by atoms with Crippen LogP contribution >= 0.6 is 31.9 Å². The molecule has 0 aliphatic carbocycles. The van der Waals surface area contributed by atoms with Crippen molar-refractivity contribution in [2.75, 3.05) is 0 Å². The van der Waals surface area contributed by atoms with E-state index in [9.17, 15) is 13.6 Å². The van der Waals surface area contributed by atoms with Gasteiger partial charge in [-0.2, -0.15) is 0 Å². The van der Waals surface area contributed by atoms with E-state index in [-0.39, 0.29) is 33.0 Å². The van der Waals surface area contributed by atoms with Crippen LogP contribution in [-0.4, -0.2) is 16.1 Å². The summed E-state index contributed by atoms with van der Waals surface area (Å²) in [7, 11) is 0. The number of carbonyl (C=O) groups is 1. The summed E-state index contributed by atoms with van der Waals surface area (Å²) in [6, 6.07) is 0. The number of carboxylic acid groups (broad SMARTS) is 1. The van der Waals surface area contributed by atoms with Gasteiger partial charge in [-0.05, 0) is 21.5 Å². The Morgan fingerprint density at radius 2 is 2.12 bits per heavy atom. The number of aliphatic carboxylic acids is 1. The minimum atomic E-state index is -2.67. The van der Waals surface area contributed by atoms with Gasteiger partial charge in [-0.15, -0.1) is 0 Å². The molecule has 16 heavy (non-hydrogen) atoms. The van der Waals surface area contributed by atoms with Crippen molar-refractivity contribution in [1.82, 2.24) is 4.98 Å². The van der Waals surface area contributed by atoms with Crippen molar-refractivity contribution in [1.29, 1.82) is 0 Å². The van der Waals surface area contributed by atoms with Gasteiger partial charge in [0.15, 0.2) is 0 Å². The number of hydrogen-bond acceptors (Lipinski definition) is 2. The zero-order chi connectivity index (χ0) is 12.3. The fourth-order valence-electron chi connectivity index (χ4n) is 1.26. The summed E-state index contributed by atoms with van der Waals surface area (Å²) < 4.78 is 25.6. The van der Waals surface area contributed by atoms with Gasteiger partial charge in [0.1, 0.15) is 4.60 Å². The van der Waals surface area contributed by atoms with E-state index in [1.165, 1.54) is 0 Å². The third-order valence-corrected chi connectivity index (χ3v) is 3.22. The third kappa shape index (κ3) is 2.98. The van der Waals surface area contributed by atoms with Crippen molar-refractivity contribution < 1.29 is 18.7 Å². The molecule has 0 aliphatic rings. The average Bonchev–Trinajstić information content (AvgIpc) is 2.19. The molecule has 0 spiro atoms. The van der Waals surface area contributed by atoms with Crippen LogP contribution in [0.4, 0.5) is 8.78 Å². The number of pyridine rings is 1. The van der Waals surface area contributed by atoms with Crippen molar-refractivity contribution in [3.8, 4) is 0 Å². The Morgan fingerprint density at radius 3 is 2.56 bits per heavy atom. The van der Waals surface area contributed by atoms with Gasteiger partial charge in [0.2, 0.25) is 0 Å². The van der Waals surface area contributed by atoms with Crippen molar-refractivity contribution in [2.45, 2.75) is 18.2 Å². The predicted molar refractivity (Wildman–Crippen MR) is 60.9 cm³/mol. The van der Waals surface area contributed by atoms with E-state index in [0.717, 1.165) is 6.20 Å². The van der Waals surface area contributed by atoms with Crippen LogP contribution in [-0.2, 0) is 16.5 Å². The summed E-state index contributed by atoms with van der Waals surface area (Å²) in [5.74, 6) is -1.09. The Labute approximate surface area is 107 Å². The van der Waals surface area contributed by atoms with Gasteiger partial charge in [-0.25, -0.2) is 13.8 Å². The molecule has 0 saturated carbocycles. The highest BCUT2D eigenvalue weighted by atomic mass is 79.9. The van der Waals surface area contributed by atoms with Crippen LogP contribution in [0.25, 0.3) is 0 Å². The number of aromatic nitrogens is 1. The Balaban J connectivity index is 3.32. The number of halogens is 4. The van der Waals surface area contributed by atoms with Crippen LogP contribution in [0.2, 0.25) is 0 Å².